The Morgan fingerprint density at radius 1 is 1.00 bits per heavy atom. The first-order valence-corrected chi connectivity index (χ1v) is 8.56. The Bertz CT molecular complexity index is 1200. The summed E-state index contributed by atoms with van der Waals surface area (Å²) in [6.45, 7) is 0. The molecule has 0 unspecified atom stereocenters. The average Bonchev–Trinajstić information content (AvgIpc) is 3.11. The van der Waals surface area contributed by atoms with Gasteiger partial charge in [0.1, 0.15) is 11.0 Å². The molecule has 28 heavy (non-hydrogen) atoms. The normalized spacial score (nSPS) is 10.8. The molecule has 4 aromatic rings. The number of amides is 1. The number of hydrogen-bond acceptors (Lipinski definition) is 5. The smallest absolute Gasteiger partial charge is 0.269 e. The molecular weight excluding hydrogens is 382 g/mol. The van der Waals surface area contributed by atoms with E-state index in [1.54, 1.807) is 30.3 Å². The zero-order chi connectivity index (χ0) is 19.7. The van der Waals surface area contributed by atoms with E-state index in [1.807, 2.05) is 12.1 Å². The van der Waals surface area contributed by atoms with Gasteiger partial charge in [-0.2, -0.15) is 4.80 Å². The van der Waals surface area contributed by atoms with Crippen LogP contribution in [0.3, 0.4) is 0 Å². The van der Waals surface area contributed by atoms with Crippen molar-refractivity contribution in [1.29, 1.82) is 0 Å². The van der Waals surface area contributed by atoms with Crippen molar-refractivity contribution in [2.24, 2.45) is 0 Å². The molecule has 0 fully saturated rings. The summed E-state index contributed by atoms with van der Waals surface area (Å²) in [4.78, 5) is 24.0. The van der Waals surface area contributed by atoms with E-state index < -0.39 is 4.92 Å². The first kappa shape index (κ1) is 17.6. The van der Waals surface area contributed by atoms with E-state index in [0.29, 0.717) is 27.3 Å². The van der Waals surface area contributed by atoms with Gasteiger partial charge in [-0.05, 0) is 48.5 Å². The number of carbonyl (C=O) groups excluding carboxylic acids is 1. The van der Waals surface area contributed by atoms with E-state index in [4.69, 9.17) is 11.6 Å². The van der Waals surface area contributed by atoms with E-state index in [2.05, 4.69) is 15.5 Å². The maximum Gasteiger partial charge on any atom is 0.269 e. The molecule has 0 radical (unpaired) electrons. The highest BCUT2D eigenvalue weighted by atomic mass is 35.5. The molecule has 0 saturated heterocycles. The SMILES string of the molecule is O=C(Nc1ccc2nn(-c3cccc(Cl)c3)nc2c1)c1ccc([N+](=O)[O-])cc1. The lowest BCUT2D eigenvalue weighted by Crippen LogP contribution is -2.11. The zero-order valence-corrected chi connectivity index (χ0v) is 15.0. The Morgan fingerprint density at radius 3 is 2.46 bits per heavy atom. The Labute approximate surface area is 163 Å². The number of rotatable bonds is 4. The third-order valence-electron chi connectivity index (χ3n) is 4.02. The van der Waals surface area contributed by atoms with Crippen molar-refractivity contribution in [1.82, 2.24) is 15.0 Å². The van der Waals surface area contributed by atoms with Crippen LogP contribution in [0.5, 0.6) is 0 Å². The van der Waals surface area contributed by atoms with E-state index >= 15 is 0 Å². The molecule has 9 heteroatoms. The minimum absolute atomic E-state index is 0.0735. The van der Waals surface area contributed by atoms with Gasteiger partial charge in [-0.3, -0.25) is 14.9 Å². The van der Waals surface area contributed by atoms with E-state index in [1.165, 1.54) is 29.1 Å². The number of non-ortho nitro benzene ring substituents is 1. The third-order valence-corrected chi connectivity index (χ3v) is 4.25. The lowest BCUT2D eigenvalue weighted by Gasteiger charge is -2.04. The molecular formula is C19H12ClN5O3. The Morgan fingerprint density at radius 2 is 1.75 bits per heavy atom. The van der Waals surface area contributed by atoms with Crippen LogP contribution in [0.2, 0.25) is 5.02 Å². The summed E-state index contributed by atoms with van der Waals surface area (Å²) in [5.41, 5.74) is 2.76. The summed E-state index contributed by atoms with van der Waals surface area (Å²) in [7, 11) is 0. The Kier molecular flexibility index (Phi) is 4.46. The number of nitrogens with one attached hydrogen (secondary N) is 1. The molecule has 0 aliphatic heterocycles. The molecule has 0 saturated carbocycles. The summed E-state index contributed by atoms with van der Waals surface area (Å²) in [6.07, 6.45) is 0. The second kappa shape index (κ2) is 7.09. The first-order valence-electron chi connectivity index (χ1n) is 8.18. The number of hydrogen-bond donors (Lipinski definition) is 1. The van der Waals surface area contributed by atoms with Crippen LogP contribution in [0.1, 0.15) is 10.4 Å². The fourth-order valence-corrected chi connectivity index (χ4v) is 2.83. The molecule has 1 heterocycles. The van der Waals surface area contributed by atoms with E-state index in [-0.39, 0.29) is 11.6 Å². The first-order chi connectivity index (χ1) is 13.5. The predicted octanol–water partition coefficient (Wildman–Crippen LogP) is 4.23. The largest absolute Gasteiger partial charge is 0.322 e. The van der Waals surface area contributed by atoms with Crippen LogP contribution in [0.15, 0.2) is 66.7 Å². The van der Waals surface area contributed by atoms with Crippen molar-refractivity contribution in [2.45, 2.75) is 0 Å². The number of fused-ring (bicyclic) bond motifs is 1. The lowest BCUT2D eigenvalue weighted by atomic mass is 10.2. The molecule has 0 aliphatic rings. The number of benzene rings is 3. The molecule has 138 valence electrons. The number of nitro benzene ring substituents is 1. The maximum atomic E-state index is 12.4. The second-order valence-electron chi connectivity index (χ2n) is 5.93. The van der Waals surface area contributed by atoms with E-state index in [0.717, 1.165) is 5.69 Å². The summed E-state index contributed by atoms with van der Waals surface area (Å²) in [5, 5.41) is 22.8. The minimum Gasteiger partial charge on any atom is -0.322 e. The number of aromatic nitrogens is 3. The van der Waals surface area contributed by atoms with Crippen LogP contribution in [0, 0.1) is 10.1 Å². The topological polar surface area (TPSA) is 103 Å². The van der Waals surface area contributed by atoms with E-state index in [9.17, 15) is 14.9 Å². The van der Waals surface area contributed by atoms with Crippen LogP contribution < -0.4 is 5.32 Å². The lowest BCUT2D eigenvalue weighted by molar-refractivity contribution is -0.384. The zero-order valence-electron chi connectivity index (χ0n) is 14.2. The second-order valence-corrected chi connectivity index (χ2v) is 6.37. The van der Waals surface area contributed by atoms with Gasteiger partial charge < -0.3 is 5.32 Å². The number of anilines is 1. The number of nitro groups is 1. The molecule has 8 nitrogen and oxygen atoms in total. The molecule has 1 N–H and O–H groups in total. The van der Waals surface area contributed by atoms with Gasteiger partial charge in [-0.1, -0.05) is 17.7 Å². The quantitative estimate of drug-likeness (QED) is 0.412. The van der Waals surface area contributed by atoms with Crippen LogP contribution in [0.4, 0.5) is 11.4 Å². The van der Waals surface area contributed by atoms with Gasteiger partial charge in [0.05, 0.1) is 10.6 Å². The van der Waals surface area contributed by atoms with Crippen LogP contribution >= 0.6 is 11.6 Å². The monoisotopic (exact) mass is 393 g/mol. The molecule has 0 bridgehead atoms. The molecule has 1 amide bonds. The Balaban J connectivity index is 1.57. The van der Waals surface area contributed by atoms with Crippen molar-refractivity contribution >= 4 is 39.9 Å². The van der Waals surface area contributed by atoms with Crippen molar-refractivity contribution < 1.29 is 9.72 Å². The molecule has 4 rings (SSSR count). The highest BCUT2D eigenvalue weighted by Gasteiger charge is 2.11. The molecule has 1 aromatic heterocycles. The molecule has 3 aromatic carbocycles. The predicted molar refractivity (Wildman–Crippen MR) is 105 cm³/mol. The summed E-state index contributed by atoms with van der Waals surface area (Å²) in [5.74, 6) is -0.378. The third kappa shape index (κ3) is 3.53. The fraction of sp³-hybridized carbons (Fsp3) is 0. The van der Waals surface area contributed by atoms with Crippen LogP contribution in [-0.4, -0.2) is 25.8 Å². The number of carbonyl (C=O) groups is 1. The molecule has 0 spiro atoms. The highest BCUT2D eigenvalue weighted by Crippen LogP contribution is 2.20. The van der Waals surface area contributed by atoms with Gasteiger partial charge in [-0.15, -0.1) is 10.2 Å². The van der Waals surface area contributed by atoms with Gasteiger partial charge in [0.25, 0.3) is 11.6 Å². The molecule has 0 atom stereocenters. The van der Waals surface area contributed by atoms with Crippen molar-refractivity contribution in [2.75, 3.05) is 5.32 Å². The summed E-state index contributed by atoms with van der Waals surface area (Å²) in [6, 6.07) is 17.7. The van der Waals surface area contributed by atoms with Gasteiger partial charge >= 0.3 is 0 Å². The van der Waals surface area contributed by atoms with Crippen LogP contribution in [-0.2, 0) is 0 Å². The van der Waals surface area contributed by atoms with Gasteiger partial charge in [-0.25, -0.2) is 0 Å². The number of halogens is 1. The molecule has 0 aliphatic carbocycles. The number of nitrogens with zero attached hydrogens (tertiary/aromatic N) is 4. The highest BCUT2D eigenvalue weighted by molar-refractivity contribution is 6.30. The van der Waals surface area contributed by atoms with Gasteiger partial charge in [0.2, 0.25) is 0 Å². The average molecular weight is 394 g/mol. The maximum absolute atomic E-state index is 12.4. The van der Waals surface area contributed by atoms with Crippen molar-refractivity contribution in [3.05, 3.63) is 87.4 Å². The minimum atomic E-state index is -0.515. The summed E-state index contributed by atoms with van der Waals surface area (Å²) < 4.78 is 0. The fourth-order valence-electron chi connectivity index (χ4n) is 2.65. The van der Waals surface area contributed by atoms with Crippen molar-refractivity contribution in [3.63, 3.8) is 0 Å². The van der Waals surface area contributed by atoms with Crippen LogP contribution in [0.25, 0.3) is 16.7 Å². The van der Waals surface area contributed by atoms with Crippen molar-refractivity contribution in [3.8, 4) is 5.69 Å². The standard InChI is InChI=1S/C19H12ClN5O3/c20-13-2-1-3-16(10-13)24-22-17-9-6-14(11-18(17)23-24)21-19(26)12-4-7-15(8-5-12)25(27)28/h1-11H,(H,21,26). The summed E-state index contributed by atoms with van der Waals surface area (Å²) >= 11 is 6.01. The Hall–Kier alpha value is -3.78. The van der Waals surface area contributed by atoms with Gasteiger partial charge in [0, 0.05) is 28.4 Å². The van der Waals surface area contributed by atoms with Gasteiger partial charge in [0.15, 0.2) is 0 Å².